The molecule has 1 aromatic carbocycles. The van der Waals surface area contributed by atoms with Gasteiger partial charge in [-0.25, -0.2) is 4.39 Å². The molecule has 1 aromatic heterocycles. The first-order chi connectivity index (χ1) is 10.2. The quantitative estimate of drug-likeness (QED) is 0.771. The molecule has 2 aliphatic rings. The summed E-state index contributed by atoms with van der Waals surface area (Å²) in [6, 6.07) is 4.91. The molecule has 4 rings (SSSR count). The summed E-state index contributed by atoms with van der Waals surface area (Å²) in [7, 11) is 0. The Balaban J connectivity index is 1.86. The normalized spacial score (nSPS) is 30.2. The van der Waals surface area contributed by atoms with Gasteiger partial charge in [0.2, 0.25) is 0 Å². The van der Waals surface area contributed by atoms with E-state index in [0.29, 0.717) is 16.9 Å². The van der Waals surface area contributed by atoms with Crippen LogP contribution < -0.4 is 0 Å². The highest BCUT2D eigenvalue weighted by molar-refractivity contribution is 9.10. The second-order valence-corrected chi connectivity index (χ2v) is 6.62. The molecule has 19 heavy (non-hydrogen) atoms. The number of benzene rings is 1. The van der Waals surface area contributed by atoms with E-state index in [1.807, 2.05) is 4.57 Å². The molecule has 1 aliphatic carbocycles. The Kier molecular flexibility index (Phi) is 1.71. The van der Waals surface area contributed by atoms with Crippen molar-refractivity contribution >= 4 is 28.1 Å². The van der Waals surface area contributed by atoms with E-state index in [1.165, 1.54) is 6.07 Å². The van der Waals surface area contributed by atoms with Crippen LogP contribution in [0.2, 0.25) is 0 Å². The van der Waals surface area contributed by atoms with E-state index < -0.39 is 6.85 Å². The summed E-state index contributed by atoms with van der Waals surface area (Å²) in [4.78, 5) is 2.82. The number of hydrogen-bond acceptors (Lipinski definition) is 1. The summed E-state index contributed by atoms with van der Waals surface area (Å²) in [5.41, 5.74) is 1.22. The number of rotatable bonds is 1. The monoisotopic (exact) mass is 341 g/mol. The molecule has 1 N–H and O–H groups in total. The van der Waals surface area contributed by atoms with Crippen molar-refractivity contribution in [1.29, 1.82) is 0 Å². The third-order valence-electron chi connectivity index (χ3n) is 4.33. The van der Waals surface area contributed by atoms with Gasteiger partial charge in [0.05, 0.1) is 0 Å². The number of nitrogens with zero attached hydrogens (tertiary/aromatic N) is 1. The molecule has 98 valence electrons. The van der Waals surface area contributed by atoms with E-state index in [-0.39, 0.29) is 22.8 Å². The topological polar surface area (TPSA) is 20.7 Å². The summed E-state index contributed by atoms with van der Waals surface area (Å²) in [6.07, 6.45) is 0.760. The largest absolute Gasteiger partial charge is 0.335 e. The lowest BCUT2D eigenvalue weighted by atomic mass is 9.93. The second kappa shape index (κ2) is 3.58. The molecule has 2 aromatic rings. The Labute approximate surface area is 128 Å². The van der Waals surface area contributed by atoms with Crippen LogP contribution in [-0.4, -0.2) is 9.55 Å². The minimum atomic E-state index is -2.23. The number of aryl methyl sites for hydroxylation is 1. The zero-order valence-electron chi connectivity index (χ0n) is 12.8. The van der Waals surface area contributed by atoms with Gasteiger partial charge in [0.15, 0.2) is 4.77 Å². The van der Waals surface area contributed by atoms with E-state index >= 15 is 0 Å². The molecule has 5 heteroatoms. The third kappa shape index (κ3) is 1.43. The molecule has 0 saturated heterocycles. The zero-order chi connectivity index (χ0) is 15.9. The lowest BCUT2D eigenvalue weighted by molar-refractivity contribution is 0.530. The Morgan fingerprint density at radius 2 is 2.47 bits per heavy atom. The van der Waals surface area contributed by atoms with Crippen LogP contribution in [0.3, 0.4) is 0 Å². The number of nitrogens with one attached hydrogen (secondary N) is 1. The maximum Gasteiger partial charge on any atom is 0.177 e. The highest BCUT2D eigenvalue weighted by Gasteiger charge is 2.63. The van der Waals surface area contributed by atoms with Gasteiger partial charge in [-0.2, -0.15) is 0 Å². The highest BCUT2D eigenvalue weighted by atomic mass is 79.9. The van der Waals surface area contributed by atoms with Crippen LogP contribution in [0.25, 0.3) is 0 Å². The standard InChI is InChI=1S/C14H12BrFN2S/c1-7-12-10-5-14(10,6-18(12)13(19)17-7)9-4-8(15)2-3-11(9)16/h2-4,10H,5-6H2,1H3,(H,17,19)/t10-,14+/m0/s1/i1D3. The van der Waals surface area contributed by atoms with E-state index in [1.54, 1.807) is 12.1 Å². The minimum absolute atomic E-state index is 0.0136. The van der Waals surface area contributed by atoms with Crippen LogP contribution in [0.4, 0.5) is 4.39 Å². The van der Waals surface area contributed by atoms with E-state index in [0.717, 1.165) is 16.6 Å². The van der Waals surface area contributed by atoms with Crippen LogP contribution in [0.5, 0.6) is 0 Å². The van der Waals surface area contributed by atoms with Crippen LogP contribution in [0.1, 0.15) is 33.4 Å². The summed E-state index contributed by atoms with van der Waals surface area (Å²) in [5.74, 6) is -0.235. The number of fused-ring (bicyclic) bond motifs is 3. The van der Waals surface area contributed by atoms with Crippen molar-refractivity contribution in [3.63, 3.8) is 0 Å². The van der Waals surface area contributed by atoms with Crippen LogP contribution >= 0.6 is 28.1 Å². The first kappa shape index (κ1) is 9.08. The number of aromatic amines is 1. The molecular formula is C14H12BrFN2S. The van der Waals surface area contributed by atoms with Crippen molar-refractivity contribution in [3.05, 3.63) is 50.2 Å². The van der Waals surface area contributed by atoms with Gasteiger partial charge in [0, 0.05) is 37.9 Å². The smallest absolute Gasteiger partial charge is 0.177 e. The van der Waals surface area contributed by atoms with E-state index in [9.17, 15) is 4.39 Å². The van der Waals surface area contributed by atoms with Crippen molar-refractivity contribution in [2.75, 3.05) is 0 Å². The maximum atomic E-state index is 14.3. The summed E-state index contributed by atoms with van der Waals surface area (Å²) >= 11 is 8.64. The predicted octanol–water partition coefficient (Wildman–Crippen LogP) is 4.19. The fraction of sp³-hybridized carbons (Fsp3) is 0.357. The van der Waals surface area contributed by atoms with Gasteiger partial charge in [-0.1, -0.05) is 15.9 Å². The van der Waals surface area contributed by atoms with Crippen LogP contribution in [-0.2, 0) is 12.0 Å². The first-order valence-electron chi connectivity index (χ1n) is 7.53. The number of halogens is 2. The van der Waals surface area contributed by atoms with Gasteiger partial charge in [0.1, 0.15) is 5.82 Å². The minimum Gasteiger partial charge on any atom is -0.335 e. The first-order valence-corrected chi connectivity index (χ1v) is 7.23. The van der Waals surface area contributed by atoms with Gasteiger partial charge >= 0.3 is 0 Å². The predicted molar refractivity (Wildman–Crippen MR) is 77.5 cm³/mol. The molecule has 2 heterocycles. The van der Waals surface area contributed by atoms with Crippen molar-refractivity contribution in [3.8, 4) is 0 Å². The average molecular weight is 342 g/mol. The molecule has 2 atom stereocenters. The number of hydrogen-bond donors (Lipinski definition) is 1. The number of aromatic nitrogens is 2. The fourth-order valence-electron chi connectivity index (χ4n) is 3.38. The second-order valence-electron chi connectivity index (χ2n) is 5.31. The Bertz CT molecular complexity index is 857. The molecule has 1 fully saturated rings. The molecular weight excluding hydrogens is 327 g/mol. The fourth-order valence-corrected chi connectivity index (χ4v) is 4.01. The summed E-state index contributed by atoms with van der Waals surface area (Å²) in [5, 5.41) is 0. The summed E-state index contributed by atoms with van der Waals surface area (Å²) < 4.78 is 40.3. The molecule has 0 radical (unpaired) electrons. The Hall–Kier alpha value is -0.940. The van der Waals surface area contributed by atoms with Crippen molar-refractivity contribution in [2.24, 2.45) is 0 Å². The molecule has 1 saturated carbocycles. The number of imidazole rings is 1. The molecule has 0 bridgehead atoms. The lowest BCUT2D eigenvalue weighted by Gasteiger charge is -2.14. The zero-order valence-corrected chi connectivity index (χ0v) is 12.2. The molecule has 0 amide bonds. The van der Waals surface area contributed by atoms with Crippen molar-refractivity contribution in [2.45, 2.75) is 31.2 Å². The Morgan fingerprint density at radius 3 is 3.26 bits per heavy atom. The van der Waals surface area contributed by atoms with Gasteiger partial charge < -0.3 is 9.55 Å². The molecule has 1 aliphatic heterocycles. The molecule has 2 nitrogen and oxygen atoms in total. The van der Waals surface area contributed by atoms with Gasteiger partial charge in [0.25, 0.3) is 0 Å². The third-order valence-corrected chi connectivity index (χ3v) is 5.15. The SMILES string of the molecule is [2H]C([2H])([2H])c1[nH]c(=S)n2c1[C@@H]1C[C@]1(c1cc(Br)ccc1F)C2. The Morgan fingerprint density at radius 1 is 1.63 bits per heavy atom. The van der Waals surface area contributed by atoms with Gasteiger partial charge in [-0.15, -0.1) is 0 Å². The van der Waals surface area contributed by atoms with E-state index in [4.69, 9.17) is 16.3 Å². The average Bonchev–Trinajstić information content (AvgIpc) is 2.90. The van der Waals surface area contributed by atoms with Gasteiger partial charge in [-0.3, -0.25) is 0 Å². The highest BCUT2D eigenvalue weighted by Crippen LogP contribution is 2.66. The van der Waals surface area contributed by atoms with Crippen molar-refractivity contribution < 1.29 is 8.50 Å². The lowest BCUT2D eigenvalue weighted by Crippen LogP contribution is -2.14. The molecule has 0 unspecified atom stereocenters. The van der Waals surface area contributed by atoms with Crippen LogP contribution in [0, 0.1) is 17.4 Å². The van der Waals surface area contributed by atoms with Gasteiger partial charge in [-0.05, 0) is 49.3 Å². The maximum absolute atomic E-state index is 14.3. The van der Waals surface area contributed by atoms with Crippen LogP contribution in [0.15, 0.2) is 22.7 Å². The number of H-pyrrole nitrogens is 1. The van der Waals surface area contributed by atoms with E-state index in [2.05, 4.69) is 20.9 Å². The summed E-state index contributed by atoms with van der Waals surface area (Å²) in [6.45, 7) is -1.70. The molecule has 0 spiro atoms. The van der Waals surface area contributed by atoms with Crippen molar-refractivity contribution in [1.82, 2.24) is 9.55 Å².